The fourth-order valence-electron chi connectivity index (χ4n) is 0. The van der Waals surface area contributed by atoms with Crippen LogP contribution in [-0.4, -0.2) is 8.88 Å². The highest BCUT2D eigenvalue weighted by molar-refractivity contribution is 6.66. The highest BCUT2D eigenvalue weighted by Gasteiger charge is 2.14. The number of hydrogen-bond acceptors (Lipinski definition) is 0. The summed E-state index contributed by atoms with van der Waals surface area (Å²) in [7, 11) is 0. The van der Waals surface area contributed by atoms with Crippen molar-refractivity contribution in [3.63, 3.8) is 0 Å². The van der Waals surface area contributed by atoms with Gasteiger partial charge in [0.1, 0.15) is 4.84 Å². The molecule has 0 saturated heterocycles. The van der Waals surface area contributed by atoms with E-state index < -0.39 is 4.05 Å². The molecule has 0 rings (SSSR count). The molecule has 0 fully saturated rings. The summed E-state index contributed by atoms with van der Waals surface area (Å²) in [6, 6.07) is 0. The van der Waals surface area contributed by atoms with E-state index in [1.54, 1.807) is 6.92 Å². The molecule has 0 aromatic heterocycles. The van der Waals surface area contributed by atoms with Crippen LogP contribution in [0.15, 0.2) is 0 Å². The zero-order chi connectivity index (χ0) is 8.08. The van der Waals surface area contributed by atoms with Crippen molar-refractivity contribution in [2.24, 2.45) is 0 Å². The molecule has 0 saturated carbocycles. The summed E-state index contributed by atoms with van der Waals surface area (Å²) < 4.78 is 8.40. The van der Waals surface area contributed by atoms with Gasteiger partial charge in [0.05, 0.1) is 0 Å². The Hall–Kier alpha value is 1.38. The van der Waals surface area contributed by atoms with Crippen LogP contribution >= 0.6 is 58.0 Å². The second-order valence-corrected chi connectivity index (χ2v) is 4.62. The van der Waals surface area contributed by atoms with Gasteiger partial charge in [-0.3, -0.25) is 0 Å². The van der Waals surface area contributed by atoms with E-state index in [2.05, 4.69) is 34.8 Å². The molecule has 0 amide bonds. The van der Waals surface area contributed by atoms with Gasteiger partial charge in [0.2, 0.25) is 0 Å². The third-order valence-electron chi connectivity index (χ3n) is 0. The molecule has 6 heteroatoms. The van der Waals surface area contributed by atoms with Gasteiger partial charge < -0.3 is 0 Å². The van der Waals surface area contributed by atoms with E-state index in [-0.39, 0.29) is 4.84 Å². The minimum Gasteiger partial charge on any atom is -0.189 e. The van der Waals surface area contributed by atoms with Crippen LogP contribution in [0.1, 0.15) is 6.92 Å². The summed E-state index contributed by atoms with van der Waals surface area (Å²) in [5.74, 6) is 0. The van der Waals surface area contributed by atoms with Crippen LogP contribution in [0.4, 0.5) is 4.39 Å². The van der Waals surface area contributed by atoms with Crippen molar-refractivity contribution < 1.29 is 4.39 Å². The van der Waals surface area contributed by atoms with Crippen molar-refractivity contribution in [2.45, 2.75) is 15.8 Å². The molecule has 0 aliphatic heterocycles. The maximum absolute atomic E-state index is 11.0. The van der Waals surface area contributed by atoms with Crippen molar-refractivity contribution in [1.82, 2.24) is 0 Å². The van der Waals surface area contributed by atoms with E-state index in [4.69, 9.17) is 23.2 Å². The summed E-state index contributed by atoms with van der Waals surface area (Å²) in [6.07, 6.45) is 0. The molecule has 0 spiro atoms. The first kappa shape index (κ1) is 13.0. The van der Waals surface area contributed by atoms with E-state index in [1.807, 2.05) is 0 Å². The average Bonchev–Trinajstić information content (AvgIpc) is 1.19. The smallest absolute Gasteiger partial charge is 0.189 e. The normalized spacial score (nSPS) is 10.7. The van der Waals surface area contributed by atoms with Crippen LogP contribution in [0.5, 0.6) is 0 Å². The summed E-state index contributed by atoms with van der Waals surface area (Å²) in [6.45, 7) is 1.70. The van der Waals surface area contributed by atoms with Gasteiger partial charge in [0.25, 0.3) is 0 Å². The maximum atomic E-state index is 11.0. The van der Waals surface area contributed by atoms with E-state index >= 15 is 0 Å². The Kier molecular flexibility index (Phi) is 8.83. The van der Waals surface area contributed by atoms with Gasteiger partial charge in [-0.15, -0.1) is 23.2 Å². The first-order valence-corrected chi connectivity index (χ1v) is 3.78. The monoisotopic (exact) mass is 234 g/mol. The van der Waals surface area contributed by atoms with Gasteiger partial charge in [-0.25, -0.2) is 0 Å². The lowest BCUT2D eigenvalue weighted by Gasteiger charge is -1.89. The van der Waals surface area contributed by atoms with E-state index in [0.29, 0.717) is 0 Å². The second kappa shape index (κ2) is 6.11. The van der Waals surface area contributed by atoms with Crippen molar-refractivity contribution in [3.8, 4) is 0 Å². The second-order valence-electron chi connectivity index (χ2n) is 0.947. The molecule has 0 aliphatic rings. The largest absolute Gasteiger partial charge is 0.333 e. The van der Waals surface area contributed by atoms with Crippen molar-refractivity contribution in [2.75, 3.05) is 0 Å². The summed E-state index contributed by atoms with van der Waals surface area (Å²) in [5, 5.41) is 0. The highest BCUT2D eigenvalue weighted by atomic mass is 35.6. The number of alkyl halides is 6. The van der Waals surface area contributed by atoms with Gasteiger partial charge in [0, 0.05) is 0 Å². The van der Waals surface area contributed by atoms with Gasteiger partial charge in [0.15, 0.2) is 0 Å². The number of halogens is 6. The molecule has 0 aromatic carbocycles. The van der Waals surface area contributed by atoms with Crippen LogP contribution in [0.25, 0.3) is 0 Å². The Morgan fingerprint density at radius 3 is 1.22 bits per heavy atom. The topological polar surface area (TPSA) is 0 Å². The van der Waals surface area contributed by atoms with Gasteiger partial charge in [-0.2, -0.15) is 4.39 Å². The molecular weight excluding hydrogens is 232 g/mol. The Morgan fingerprint density at radius 1 is 1.22 bits per heavy atom. The minimum atomic E-state index is -2.58. The molecule has 58 valence electrons. The Labute approximate surface area is 78.2 Å². The Balaban J connectivity index is 0. The van der Waals surface area contributed by atoms with Crippen LogP contribution in [0.2, 0.25) is 0 Å². The quantitative estimate of drug-likeness (QED) is 0.556. The number of rotatable bonds is 0. The molecule has 0 nitrogen and oxygen atoms in total. The molecule has 0 heterocycles. The van der Waals surface area contributed by atoms with Crippen LogP contribution in [0.3, 0.4) is 0 Å². The van der Waals surface area contributed by atoms with Gasteiger partial charge >= 0.3 is 4.05 Å². The third-order valence-corrected chi connectivity index (χ3v) is 0. The molecular formula is C3H4Cl5F. The molecule has 0 unspecified atom stereocenters. The highest BCUT2D eigenvalue weighted by Crippen LogP contribution is 2.26. The van der Waals surface area contributed by atoms with Crippen molar-refractivity contribution >= 4 is 58.0 Å². The molecule has 0 N–H and O–H groups in total. The minimum absolute atomic E-state index is 0.222. The Morgan fingerprint density at radius 2 is 1.22 bits per heavy atom. The standard InChI is InChI=1S/C2H4Cl2.CCl3F/c1-2(3)4;2-1(3,4)5/h2H,1H3;. The molecule has 9 heavy (non-hydrogen) atoms. The van der Waals surface area contributed by atoms with Crippen molar-refractivity contribution in [1.29, 1.82) is 0 Å². The summed E-state index contributed by atoms with van der Waals surface area (Å²) in [5.41, 5.74) is 0. The van der Waals surface area contributed by atoms with E-state index in [1.165, 1.54) is 0 Å². The predicted molar refractivity (Wildman–Crippen MR) is 42.6 cm³/mol. The average molecular weight is 236 g/mol. The lowest BCUT2D eigenvalue weighted by atomic mass is 11.0. The van der Waals surface area contributed by atoms with E-state index in [0.717, 1.165) is 0 Å². The van der Waals surface area contributed by atoms with E-state index in [9.17, 15) is 4.39 Å². The van der Waals surface area contributed by atoms with Crippen LogP contribution < -0.4 is 0 Å². The van der Waals surface area contributed by atoms with Crippen molar-refractivity contribution in [3.05, 3.63) is 0 Å². The molecule has 0 aromatic rings. The zero-order valence-electron chi connectivity index (χ0n) is 4.35. The SMILES string of the molecule is CC(Cl)Cl.FC(Cl)(Cl)Cl. The fourth-order valence-corrected chi connectivity index (χ4v) is 0. The zero-order valence-corrected chi connectivity index (χ0v) is 8.12. The number of hydrogen-bond donors (Lipinski definition) is 0. The molecule has 0 atom stereocenters. The van der Waals surface area contributed by atoms with Crippen LogP contribution in [-0.2, 0) is 0 Å². The Bertz CT molecular complexity index is 49.0. The molecule has 0 aliphatic carbocycles. The lowest BCUT2D eigenvalue weighted by molar-refractivity contribution is 0.507. The lowest BCUT2D eigenvalue weighted by Crippen LogP contribution is -1.83. The first-order valence-electron chi connectivity index (χ1n) is 1.77. The third kappa shape index (κ3) is 268. The van der Waals surface area contributed by atoms with Crippen LogP contribution in [0, 0.1) is 0 Å². The molecule has 0 bridgehead atoms. The predicted octanol–water partition coefficient (Wildman–Crippen LogP) is 4.09. The van der Waals surface area contributed by atoms with Gasteiger partial charge in [-0.1, -0.05) is 0 Å². The molecule has 0 radical (unpaired) electrons. The van der Waals surface area contributed by atoms with Gasteiger partial charge in [-0.05, 0) is 41.7 Å². The maximum Gasteiger partial charge on any atom is 0.333 e. The first-order chi connectivity index (χ1) is 3.73. The summed E-state index contributed by atoms with van der Waals surface area (Å²) >= 11 is 23.3. The summed E-state index contributed by atoms with van der Waals surface area (Å²) in [4.78, 5) is -0.222. The fraction of sp³-hybridized carbons (Fsp3) is 1.00.